The summed E-state index contributed by atoms with van der Waals surface area (Å²) in [6.07, 6.45) is 1.99. The quantitative estimate of drug-likeness (QED) is 0.293. The number of nitrogens with one attached hydrogen (secondary N) is 1. The molecule has 3 aromatic rings. The summed E-state index contributed by atoms with van der Waals surface area (Å²) < 4.78 is 5.47. The smallest absolute Gasteiger partial charge is 0.236 e. The van der Waals surface area contributed by atoms with Gasteiger partial charge in [-0.25, -0.2) is 9.97 Å². The highest BCUT2D eigenvalue weighted by atomic mass is 32.2. The van der Waals surface area contributed by atoms with E-state index in [0.29, 0.717) is 30.5 Å². The number of carbonyl (C=O) groups is 1. The number of benzene rings is 2. The van der Waals surface area contributed by atoms with Crippen molar-refractivity contribution < 1.29 is 14.6 Å². The van der Waals surface area contributed by atoms with Crippen LogP contribution in [0.1, 0.15) is 0 Å². The lowest BCUT2D eigenvalue weighted by Gasteiger charge is -2.39. The number of para-hydroxylation sites is 2. The van der Waals surface area contributed by atoms with Crippen LogP contribution < -0.4 is 20.0 Å². The Labute approximate surface area is 257 Å². The van der Waals surface area contributed by atoms with Crippen molar-refractivity contribution in [3.8, 4) is 5.75 Å². The molecule has 3 aliphatic heterocycles. The SMILES string of the molecule is CSc1nc(Nc2ccc(N3CCOCC3)cc2)cc(N2CCN(C(=O)CN3CCN(c4ccccc4O)CC3)CC2)n1. The minimum absolute atomic E-state index is 0.172. The molecule has 0 saturated carbocycles. The summed E-state index contributed by atoms with van der Waals surface area (Å²) in [5.74, 6) is 2.11. The number of amides is 1. The average molecular weight is 605 g/mol. The zero-order valence-electron chi connectivity index (χ0n) is 24.7. The van der Waals surface area contributed by atoms with E-state index in [1.807, 2.05) is 35.4 Å². The van der Waals surface area contributed by atoms with Crippen LogP contribution in [0.15, 0.2) is 59.8 Å². The van der Waals surface area contributed by atoms with Gasteiger partial charge in [0.05, 0.1) is 25.4 Å². The normalized spacial score (nSPS) is 18.2. The molecule has 11 nitrogen and oxygen atoms in total. The number of hydrogen-bond acceptors (Lipinski definition) is 11. The topological polar surface area (TPSA) is 101 Å². The van der Waals surface area contributed by atoms with E-state index in [1.54, 1.807) is 6.07 Å². The summed E-state index contributed by atoms with van der Waals surface area (Å²) in [6, 6.07) is 17.9. The van der Waals surface area contributed by atoms with Crippen molar-refractivity contribution in [2.75, 3.05) is 111 Å². The molecule has 43 heavy (non-hydrogen) atoms. The van der Waals surface area contributed by atoms with Gasteiger partial charge < -0.3 is 34.8 Å². The molecule has 2 aromatic carbocycles. The number of ether oxygens (including phenoxy) is 1. The zero-order chi connectivity index (χ0) is 29.6. The Balaban J connectivity index is 1.01. The highest BCUT2D eigenvalue weighted by Gasteiger charge is 2.26. The lowest BCUT2D eigenvalue weighted by molar-refractivity contribution is -0.132. The number of aromatic nitrogens is 2. The molecule has 3 fully saturated rings. The van der Waals surface area contributed by atoms with E-state index in [-0.39, 0.29) is 5.91 Å². The molecule has 2 N–H and O–H groups in total. The number of morpholine rings is 1. The summed E-state index contributed by atoms with van der Waals surface area (Å²) in [5.41, 5.74) is 3.04. The van der Waals surface area contributed by atoms with Gasteiger partial charge in [0.15, 0.2) is 5.16 Å². The number of nitrogens with zero attached hydrogens (tertiary/aromatic N) is 7. The summed E-state index contributed by atoms with van der Waals surface area (Å²) in [4.78, 5) is 33.6. The Hall–Kier alpha value is -3.74. The number of thioether (sulfide) groups is 1. The van der Waals surface area contributed by atoms with Gasteiger partial charge in [0.2, 0.25) is 5.91 Å². The Morgan fingerprint density at radius 3 is 2.26 bits per heavy atom. The summed E-state index contributed by atoms with van der Waals surface area (Å²) in [5, 5.41) is 14.3. The molecule has 4 heterocycles. The standard InChI is InChI=1S/C31H40N8O3S/c1-43-31-33-28(32-24-6-8-25(9-7-24)36-18-20-42-21-19-36)22-29(34-31)38-14-16-39(17-15-38)30(41)23-35-10-12-37(13-11-35)26-4-2-3-5-27(26)40/h2-9,22,40H,10-21,23H2,1H3,(H,32,33,34). The van der Waals surface area contributed by atoms with E-state index in [0.717, 1.165) is 88.6 Å². The Kier molecular flexibility index (Phi) is 9.35. The molecule has 0 aliphatic carbocycles. The zero-order valence-corrected chi connectivity index (χ0v) is 25.5. The molecule has 3 aliphatic rings. The molecule has 1 amide bonds. The van der Waals surface area contributed by atoms with Gasteiger partial charge in [-0.1, -0.05) is 23.9 Å². The van der Waals surface area contributed by atoms with Crippen LogP contribution in [0.2, 0.25) is 0 Å². The molecule has 0 radical (unpaired) electrons. The van der Waals surface area contributed by atoms with Gasteiger partial charge in [-0.05, 0) is 42.7 Å². The first-order chi connectivity index (χ1) is 21.1. The fourth-order valence-electron chi connectivity index (χ4n) is 5.81. The summed E-state index contributed by atoms with van der Waals surface area (Å²) in [7, 11) is 0. The monoisotopic (exact) mass is 604 g/mol. The molecule has 0 atom stereocenters. The highest BCUT2D eigenvalue weighted by molar-refractivity contribution is 7.98. The van der Waals surface area contributed by atoms with Gasteiger partial charge in [-0.15, -0.1) is 0 Å². The Morgan fingerprint density at radius 2 is 1.56 bits per heavy atom. The summed E-state index contributed by atoms with van der Waals surface area (Å²) in [6.45, 7) is 9.75. The molecule has 12 heteroatoms. The van der Waals surface area contributed by atoms with Gasteiger partial charge in [0.1, 0.15) is 17.4 Å². The van der Waals surface area contributed by atoms with Crippen LogP contribution in [-0.2, 0) is 9.53 Å². The minimum atomic E-state index is 0.172. The first-order valence-corrected chi connectivity index (χ1v) is 16.2. The van der Waals surface area contributed by atoms with Gasteiger partial charge in [-0.2, -0.15) is 0 Å². The predicted molar refractivity (Wildman–Crippen MR) is 172 cm³/mol. The van der Waals surface area contributed by atoms with Crippen LogP contribution in [0, 0.1) is 0 Å². The number of carbonyl (C=O) groups excluding carboxylic acids is 1. The van der Waals surface area contributed by atoms with E-state index in [4.69, 9.17) is 14.7 Å². The average Bonchev–Trinajstić information content (AvgIpc) is 3.06. The number of aromatic hydroxyl groups is 1. The highest BCUT2D eigenvalue weighted by Crippen LogP contribution is 2.28. The molecular formula is C31H40N8O3S. The molecule has 6 rings (SSSR count). The minimum Gasteiger partial charge on any atom is -0.506 e. The number of piperazine rings is 2. The van der Waals surface area contributed by atoms with E-state index in [1.165, 1.54) is 17.4 Å². The maximum Gasteiger partial charge on any atom is 0.236 e. The second kappa shape index (κ2) is 13.7. The number of hydrogen-bond donors (Lipinski definition) is 2. The molecule has 0 spiro atoms. The second-order valence-corrected chi connectivity index (χ2v) is 11.8. The van der Waals surface area contributed by atoms with Gasteiger partial charge in [0.25, 0.3) is 0 Å². The maximum atomic E-state index is 13.2. The first kappa shape index (κ1) is 29.3. The third-order valence-corrected chi connectivity index (χ3v) is 8.85. The second-order valence-electron chi connectivity index (χ2n) is 11.0. The number of phenols is 1. The van der Waals surface area contributed by atoms with Crippen molar-refractivity contribution in [1.29, 1.82) is 0 Å². The fourth-order valence-corrected chi connectivity index (χ4v) is 6.18. The lowest BCUT2D eigenvalue weighted by atomic mass is 10.2. The first-order valence-electron chi connectivity index (χ1n) is 15.0. The Morgan fingerprint density at radius 1 is 0.860 bits per heavy atom. The summed E-state index contributed by atoms with van der Waals surface area (Å²) >= 11 is 1.52. The number of rotatable bonds is 8. The van der Waals surface area contributed by atoms with Crippen LogP contribution >= 0.6 is 11.8 Å². The van der Waals surface area contributed by atoms with Crippen LogP contribution in [-0.4, -0.2) is 122 Å². The lowest BCUT2D eigenvalue weighted by Crippen LogP contribution is -2.54. The van der Waals surface area contributed by atoms with Crippen molar-refractivity contribution in [1.82, 2.24) is 19.8 Å². The Bertz CT molecular complexity index is 1370. The third-order valence-electron chi connectivity index (χ3n) is 8.30. The van der Waals surface area contributed by atoms with E-state index < -0.39 is 0 Å². The van der Waals surface area contributed by atoms with Crippen molar-refractivity contribution in [3.05, 3.63) is 54.6 Å². The third kappa shape index (κ3) is 7.26. The van der Waals surface area contributed by atoms with Crippen LogP contribution in [0.4, 0.5) is 28.7 Å². The largest absolute Gasteiger partial charge is 0.506 e. The van der Waals surface area contributed by atoms with Gasteiger partial charge in [0, 0.05) is 82.9 Å². The van der Waals surface area contributed by atoms with Crippen molar-refractivity contribution in [2.24, 2.45) is 0 Å². The van der Waals surface area contributed by atoms with Crippen molar-refractivity contribution in [2.45, 2.75) is 5.16 Å². The number of anilines is 5. The van der Waals surface area contributed by atoms with E-state index in [2.05, 4.69) is 49.2 Å². The van der Waals surface area contributed by atoms with Crippen molar-refractivity contribution >= 4 is 46.4 Å². The molecule has 0 unspecified atom stereocenters. The molecule has 3 saturated heterocycles. The molecule has 1 aromatic heterocycles. The van der Waals surface area contributed by atoms with Crippen LogP contribution in [0.3, 0.4) is 0 Å². The molecular weight excluding hydrogens is 564 g/mol. The van der Waals surface area contributed by atoms with Crippen LogP contribution in [0.5, 0.6) is 5.75 Å². The van der Waals surface area contributed by atoms with Crippen molar-refractivity contribution in [3.63, 3.8) is 0 Å². The van der Waals surface area contributed by atoms with E-state index >= 15 is 0 Å². The van der Waals surface area contributed by atoms with Crippen LogP contribution in [0.25, 0.3) is 0 Å². The van der Waals surface area contributed by atoms with E-state index in [9.17, 15) is 9.90 Å². The van der Waals surface area contributed by atoms with Gasteiger partial charge in [-0.3, -0.25) is 9.69 Å². The maximum absolute atomic E-state index is 13.2. The van der Waals surface area contributed by atoms with Gasteiger partial charge >= 0.3 is 0 Å². The fraction of sp³-hybridized carbons (Fsp3) is 0.452. The molecule has 228 valence electrons. The number of phenolic OH excluding ortho intramolecular Hbond substituents is 1. The predicted octanol–water partition coefficient (Wildman–Crippen LogP) is 2.96. The molecule has 0 bridgehead atoms.